The number of anilines is 1. The maximum absolute atomic E-state index is 12.7. The lowest BCUT2D eigenvalue weighted by Gasteiger charge is -2.15. The van der Waals surface area contributed by atoms with Crippen LogP contribution in [0, 0.1) is 0 Å². The zero-order chi connectivity index (χ0) is 20.1. The summed E-state index contributed by atoms with van der Waals surface area (Å²) in [4.78, 5) is 16.6. The lowest BCUT2D eigenvalue weighted by molar-refractivity contribution is -0.115. The first-order chi connectivity index (χ1) is 13.5. The van der Waals surface area contributed by atoms with Crippen molar-refractivity contribution in [2.24, 2.45) is 0 Å². The van der Waals surface area contributed by atoms with Crippen LogP contribution < -0.4 is 19.5 Å². The number of carbonyl (C=O) groups excluding carboxylic acids is 1. The zero-order valence-corrected chi connectivity index (χ0v) is 17.2. The molecule has 0 radical (unpaired) electrons. The number of hydrogen-bond donors (Lipinski definition) is 1. The van der Waals surface area contributed by atoms with E-state index in [4.69, 9.17) is 14.2 Å². The Balaban J connectivity index is 1.85. The molecule has 8 nitrogen and oxygen atoms in total. The molecule has 0 saturated heterocycles. The van der Waals surface area contributed by atoms with Gasteiger partial charge in [-0.25, -0.2) is 9.67 Å². The van der Waals surface area contributed by atoms with E-state index in [0.717, 1.165) is 10.0 Å². The summed E-state index contributed by atoms with van der Waals surface area (Å²) in [6, 6.07) is 9.02. The third kappa shape index (κ3) is 4.25. The largest absolute Gasteiger partial charge is 0.493 e. The first kappa shape index (κ1) is 19.7. The Morgan fingerprint density at radius 3 is 2.39 bits per heavy atom. The van der Waals surface area contributed by atoms with E-state index in [1.165, 1.54) is 27.7 Å². The molecule has 3 rings (SSSR count). The van der Waals surface area contributed by atoms with Gasteiger partial charge in [-0.1, -0.05) is 15.9 Å². The Morgan fingerprint density at radius 2 is 1.82 bits per heavy atom. The first-order valence-corrected chi connectivity index (χ1v) is 9.08. The minimum absolute atomic E-state index is 0.125. The Hall–Kier alpha value is -3.07. The molecule has 0 spiro atoms. The highest BCUT2D eigenvalue weighted by molar-refractivity contribution is 9.10. The molecule has 1 N–H and O–H groups in total. The van der Waals surface area contributed by atoms with Gasteiger partial charge in [0.15, 0.2) is 11.5 Å². The molecule has 0 bridgehead atoms. The van der Waals surface area contributed by atoms with Gasteiger partial charge in [-0.3, -0.25) is 4.79 Å². The van der Waals surface area contributed by atoms with Crippen LogP contribution in [0.2, 0.25) is 0 Å². The first-order valence-electron chi connectivity index (χ1n) is 8.29. The second-order valence-corrected chi connectivity index (χ2v) is 6.68. The number of aromatic nitrogens is 3. The second-order valence-electron chi connectivity index (χ2n) is 5.76. The fourth-order valence-electron chi connectivity index (χ4n) is 2.76. The number of benzene rings is 2. The predicted molar refractivity (Wildman–Crippen MR) is 107 cm³/mol. The lowest BCUT2D eigenvalue weighted by atomic mass is 10.1. The Morgan fingerprint density at radius 1 is 1.11 bits per heavy atom. The Kier molecular flexibility index (Phi) is 6.15. The summed E-state index contributed by atoms with van der Waals surface area (Å²) < 4.78 is 18.4. The van der Waals surface area contributed by atoms with Gasteiger partial charge in [0, 0.05) is 4.47 Å². The van der Waals surface area contributed by atoms with Crippen LogP contribution in [-0.2, 0) is 11.2 Å². The SMILES string of the molecule is COc1cc(CC(=O)Nc2cc(Br)ccc2-n2cncn2)cc(OC)c1OC. The fraction of sp³-hybridized carbons (Fsp3) is 0.211. The molecule has 1 heterocycles. The standard InChI is InChI=1S/C19H19BrN4O4/c1-26-16-6-12(7-17(27-2)19(16)28-3)8-18(25)23-14-9-13(20)4-5-15(14)24-11-21-10-22-24/h4-7,9-11H,8H2,1-3H3,(H,23,25). The van der Waals surface area contributed by atoms with Crippen molar-refractivity contribution in [2.75, 3.05) is 26.6 Å². The molecule has 0 saturated carbocycles. The second kappa shape index (κ2) is 8.75. The van der Waals surface area contributed by atoms with Crippen LogP contribution in [0.1, 0.15) is 5.56 Å². The van der Waals surface area contributed by atoms with E-state index in [0.29, 0.717) is 28.6 Å². The van der Waals surface area contributed by atoms with E-state index in [9.17, 15) is 4.79 Å². The third-order valence-corrected chi connectivity index (χ3v) is 4.48. The number of nitrogens with one attached hydrogen (secondary N) is 1. The van der Waals surface area contributed by atoms with Gasteiger partial charge in [0.1, 0.15) is 12.7 Å². The molecule has 3 aromatic rings. The van der Waals surface area contributed by atoms with Crippen LogP contribution in [0.5, 0.6) is 17.2 Å². The van der Waals surface area contributed by atoms with Crippen LogP contribution in [0.25, 0.3) is 5.69 Å². The highest BCUT2D eigenvalue weighted by Crippen LogP contribution is 2.38. The highest BCUT2D eigenvalue weighted by Gasteiger charge is 2.16. The summed E-state index contributed by atoms with van der Waals surface area (Å²) in [5.74, 6) is 1.27. The molecule has 0 aliphatic heterocycles. The van der Waals surface area contributed by atoms with Gasteiger partial charge in [-0.05, 0) is 35.9 Å². The average Bonchev–Trinajstić information content (AvgIpc) is 3.21. The topological polar surface area (TPSA) is 87.5 Å². The van der Waals surface area contributed by atoms with Gasteiger partial charge >= 0.3 is 0 Å². The van der Waals surface area contributed by atoms with Crippen molar-refractivity contribution < 1.29 is 19.0 Å². The van der Waals surface area contributed by atoms with E-state index in [2.05, 4.69) is 31.3 Å². The number of ether oxygens (including phenoxy) is 3. The van der Waals surface area contributed by atoms with Gasteiger partial charge in [0.25, 0.3) is 0 Å². The summed E-state index contributed by atoms with van der Waals surface area (Å²) in [7, 11) is 4.60. The molecule has 0 fully saturated rings. The smallest absolute Gasteiger partial charge is 0.228 e. The number of methoxy groups -OCH3 is 3. The van der Waals surface area contributed by atoms with Crippen molar-refractivity contribution in [2.45, 2.75) is 6.42 Å². The van der Waals surface area contributed by atoms with Gasteiger partial charge in [-0.2, -0.15) is 5.10 Å². The van der Waals surface area contributed by atoms with E-state index < -0.39 is 0 Å². The maximum Gasteiger partial charge on any atom is 0.228 e. The molecule has 0 unspecified atom stereocenters. The number of rotatable bonds is 7. The minimum Gasteiger partial charge on any atom is -0.493 e. The Labute approximate surface area is 170 Å². The van der Waals surface area contributed by atoms with E-state index in [1.54, 1.807) is 23.1 Å². The molecule has 9 heteroatoms. The normalized spacial score (nSPS) is 10.4. The number of carbonyl (C=O) groups is 1. The van der Waals surface area contributed by atoms with Gasteiger partial charge in [0.2, 0.25) is 11.7 Å². The van der Waals surface area contributed by atoms with Gasteiger partial charge < -0.3 is 19.5 Å². The van der Waals surface area contributed by atoms with Crippen molar-refractivity contribution in [3.05, 3.63) is 53.0 Å². The van der Waals surface area contributed by atoms with Crippen LogP contribution in [0.15, 0.2) is 47.5 Å². The lowest BCUT2D eigenvalue weighted by Crippen LogP contribution is -2.16. The van der Waals surface area contributed by atoms with Crippen molar-refractivity contribution in [3.8, 4) is 22.9 Å². The molecule has 0 atom stereocenters. The highest BCUT2D eigenvalue weighted by atomic mass is 79.9. The maximum atomic E-state index is 12.7. The molecule has 28 heavy (non-hydrogen) atoms. The summed E-state index contributed by atoms with van der Waals surface area (Å²) in [6.45, 7) is 0. The molecule has 0 aliphatic rings. The predicted octanol–water partition coefficient (Wildman–Crippen LogP) is 3.24. The number of amides is 1. The van der Waals surface area contributed by atoms with Crippen molar-refractivity contribution in [1.82, 2.24) is 14.8 Å². The summed E-state index contributed by atoms with van der Waals surface area (Å²) in [5.41, 5.74) is 2.04. The molecular formula is C19H19BrN4O4. The molecule has 1 amide bonds. The van der Waals surface area contributed by atoms with Crippen molar-refractivity contribution >= 4 is 27.5 Å². The number of nitrogens with zero attached hydrogens (tertiary/aromatic N) is 3. The number of halogens is 1. The third-order valence-electron chi connectivity index (χ3n) is 3.99. The van der Waals surface area contributed by atoms with Gasteiger partial charge in [-0.15, -0.1) is 0 Å². The quantitative estimate of drug-likeness (QED) is 0.599. The molecule has 2 aromatic carbocycles. The van der Waals surface area contributed by atoms with E-state index in [1.807, 2.05) is 18.2 Å². The van der Waals surface area contributed by atoms with Crippen LogP contribution in [0.3, 0.4) is 0 Å². The molecule has 0 aliphatic carbocycles. The van der Waals surface area contributed by atoms with Gasteiger partial charge in [0.05, 0.1) is 39.1 Å². The van der Waals surface area contributed by atoms with Crippen LogP contribution >= 0.6 is 15.9 Å². The monoisotopic (exact) mass is 446 g/mol. The number of hydrogen-bond acceptors (Lipinski definition) is 6. The summed E-state index contributed by atoms with van der Waals surface area (Å²) >= 11 is 3.43. The van der Waals surface area contributed by atoms with Crippen molar-refractivity contribution in [1.29, 1.82) is 0 Å². The molecular weight excluding hydrogens is 428 g/mol. The summed E-state index contributed by atoms with van der Waals surface area (Å²) in [6.07, 6.45) is 3.13. The molecule has 146 valence electrons. The zero-order valence-electron chi connectivity index (χ0n) is 15.6. The van der Waals surface area contributed by atoms with Crippen LogP contribution in [-0.4, -0.2) is 42.0 Å². The molecule has 1 aromatic heterocycles. The van der Waals surface area contributed by atoms with E-state index >= 15 is 0 Å². The average molecular weight is 447 g/mol. The summed E-state index contributed by atoms with van der Waals surface area (Å²) in [5, 5.41) is 7.05. The van der Waals surface area contributed by atoms with E-state index in [-0.39, 0.29) is 12.3 Å². The van der Waals surface area contributed by atoms with Crippen LogP contribution in [0.4, 0.5) is 5.69 Å². The fourth-order valence-corrected chi connectivity index (χ4v) is 3.12. The minimum atomic E-state index is -0.200. The van der Waals surface area contributed by atoms with Crippen molar-refractivity contribution in [3.63, 3.8) is 0 Å². The Bertz CT molecular complexity index is 951.